The molecule has 24 heavy (non-hydrogen) atoms. The molecular formula is C20H29N3O. The average Bonchev–Trinajstić information content (AvgIpc) is 2.89. The molecule has 2 N–H and O–H groups in total. The highest BCUT2D eigenvalue weighted by Crippen LogP contribution is 2.48. The van der Waals surface area contributed by atoms with Crippen molar-refractivity contribution in [1.82, 2.24) is 10.2 Å². The molecular weight excluding hydrogens is 298 g/mol. The van der Waals surface area contributed by atoms with Gasteiger partial charge >= 0.3 is 0 Å². The van der Waals surface area contributed by atoms with Crippen LogP contribution in [0.5, 0.6) is 0 Å². The van der Waals surface area contributed by atoms with Crippen molar-refractivity contribution in [2.75, 3.05) is 32.0 Å². The molecule has 0 unspecified atom stereocenters. The maximum Gasteiger partial charge on any atom is 0.235 e. The molecule has 0 atom stereocenters. The molecule has 2 fully saturated rings. The molecule has 0 radical (unpaired) electrons. The first-order valence-corrected chi connectivity index (χ1v) is 9.52. The number of carbonyl (C=O) groups excluding carboxylic acids is 1. The Hall–Kier alpha value is -1.39. The Morgan fingerprint density at radius 2 is 1.88 bits per heavy atom. The average molecular weight is 327 g/mol. The quantitative estimate of drug-likeness (QED) is 0.897. The van der Waals surface area contributed by atoms with Gasteiger partial charge in [-0.2, -0.15) is 0 Å². The summed E-state index contributed by atoms with van der Waals surface area (Å²) in [6.07, 6.45) is 6.92. The van der Waals surface area contributed by atoms with Gasteiger partial charge in [0.15, 0.2) is 0 Å². The van der Waals surface area contributed by atoms with Gasteiger partial charge in [-0.25, -0.2) is 0 Å². The van der Waals surface area contributed by atoms with Crippen LogP contribution in [-0.4, -0.2) is 43.5 Å². The van der Waals surface area contributed by atoms with Crippen LogP contribution >= 0.6 is 0 Å². The molecule has 2 heterocycles. The van der Waals surface area contributed by atoms with Crippen LogP contribution in [0.1, 0.15) is 44.1 Å². The second-order valence-corrected chi connectivity index (χ2v) is 7.85. The highest BCUT2D eigenvalue weighted by atomic mass is 16.2. The highest BCUT2D eigenvalue weighted by Gasteiger charge is 2.49. The molecule has 4 nitrogen and oxygen atoms in total. The van der Waals surface area contributed by atoms with E-state index in [2.05, 4.69) is 34.7 Å². The summed E-state index contributed by atoms with van der Waals surface area (Å²) < 4.78 is 0. The van der Waals surface area contributed by atoms with Crippen LogP contribution in [0.15, 0.2) is 24.3 Å². The third-order valence-corrected chi connectivity index (χ3v) is 6.59. The number of nitrogens with zero attached hydrogens (tertiary/aromatic N) is 1. The summed E-state index contributed by atoms with van der Waals surface area (Å²) in [5, 5.41) is 6.43. The Bertz CT molecular complexity index is 599. The van der Waals surface area contributed by atoms with Gasteiger partial charge in [-0.05, 0) is 82.8 Å². The molecule has 1 aliphatic carbocycles. The van der Waals surface area contributed by atoms with E-state index in [1.165, 1.54) is 31.5 Å². The number of likely N-dealkylation sites (tertiary alicyclic amines) is 1. The molecule has 1 saturated heterocycles. The number of amides is 1. The minimum absolute atomic E-state index is 0.231. The lowest BCUT2D eigenvalue weighted by atomic mass is 9.68. The SMILES string of the molecule is CNCC1CCN(C2CCC3(CC2)C(=O)Nc2ccccc23)CC1. The van der Waals surface area contributed by atoms with Gasteiger partial charge in [-0.15, -0.1) is 0 Å². The molecule has 1 saturated carbocycles. The monoisotopic (exact) mass is 327 g/mol. The minimum atomic E-state index is -0.252. The molecule has 2 aliphatic heterocycles. The molecule has 1 amide bonds. The van der Waals surface area contributed by atoms with Crippen LogP contribution in [0.3, 0.4) is 0 Å². The van der Waals surface area contributed by atoms with Crippen molar-refractivity contribution in [1.29, 1.82) is 0 Å². The number of benzene rings is 1. The van der Waals surface area contributed by atoms with Crippen molar-refractivity contribution in [3.05, 3.63) is 29.8 Å². The summed E-state index contributed by atoms with van der Waals surface area (Å²) in [5.41, 5.74) is 2.02. The van der Waals surface area contributed by atoms with Crippen LogP contribution < -0.4 is 10.6 Å². The fourth-order valence-electron chi connectivity index (χ4n) is 5.14. The van der Waals surface area contributed by atoms with E-state index in [-0.39, 0.29) is 11.3 Å². The van der Waals surface area contributed by atoms with E-state index >= 15 is 0 Å². The molecule has 1 aromatic carbocycles. The molecule has 4 rings (SSSR count). The summed E-state index contributed by atoms with van der Waals surface area (Å²) in [4.78, 5) is 15.4. The van der Waals surface area contributed by atoms with Crippen molar-refractivity contribution in [3.8, 4) is 0 Å². The molecule has 130 valence electrons. The standard InChI is InChI=1S/C20H29N3O/c1-21-14-15-8-12-23(13-9-15)16-6-10-20(11-7-16)17-4-2-3-5-18(17)22-19(20)24/h2-5,15-16,21H,6-14H2,1H3,(H,22,24). The second-order valence-electron chi connectivity index (χ2n) is 7.85. The fraction of sp³-hybridized carbons (Fsp3) is 0.650. The topological polar surface area (TPSA) is 44.4 Å². The van der Waals surface area contributed by atoms with Crippen LogP contribution in [0.25, 0.3) is 0 Å². The predicted octanol–water partition coefficient (Wildman–Crippen LogP) is 2.75. The molecule has 1 aromatic rings. The Labute approximate surface area is 145 Å². The van der Waals surface area contributed by atoms with Crippen molar-refractivity contribution in [3.63, 3.8) is 0 Å². The molecule has 4 heteroatoms. The van der Waals surface area contributed by atoms with Crippen LogP contribution in [0, 0.1) is 5.92 Å². The number of carbonyl (C=O) groups is 1. The van der Waals surface area contributed by atoms with E-state index in [9.17, 15) is 4.79 Å². The van der Waals surface area contributed by atoms with Gasteiger partial charge in [0, 0.05) is 11.7 Å². The minimum Gasteiger partial charge on any atom is -0.325 e. The van der Waals surface area contributed by atoms with Gasteiger partial charge in [-0.3, -0.25) is 4.79 Å². The predicted molar refractivity (Wildman–Crippen MR) is 97.2 cm³/mol. The zero-order chi connectivity index (χ0) is 16.6. The summed E-state index contributed by atoms with van der Waals surface area (Å²) in [5.74, 6) is 1.07. The number of anilines is 1. The van der Waals surface area contributed by atoms with Crippen molar-refractivity contribution < 1.29 is 4.79 Å². The first-order valence-electron chi connectivity index (χ1n) is 9.52. The Morgan fingerprint density at radius 1 is 1.17 bits per heavy atom. The van der Waals surface area contributed by atoms with E-state index in [1.54, 1.807) is 0 Å². The van der Waals surface area contributed by atoms with E-state index in [0.717, 1.165) is 43.8 Å². The van der Waals surface area contributed by atoms with Gasteiger partial charge in [0.2, 0.25) is 5.91 Å². The summed E-state index contributed by atoms with van der Waals surface area (Å²) >= 11 is 0. The molecule has 3 aliphatic rings. The Morgan fingerprint density at radius 3 is 2.58 bits per heavy atom. The lowest BCUT2D eigenvalue weighted by Crippen LogP contribution is -2.48. The number of nitrogens with one attached hydrogen (secondary N) is 2. The van der Waals surface area contributed by atoms with Crippen molar-refractivity contribution in [2.45, 2.75) is 50.0 Å². The summed E-state index contributed by atoms with van der Waals surface area (Å²) in [7, 11) is 2.05. The van der Waals surface area contributed by atoms with E-state index in [4.69, 9.17) is 0 Å². The normalized spacial score (nSPS) is 31.2. The fourth-order valence-corrected chi connectivity index (χ4v) is 5.14. The summed E-state index contributed by atoms with van der Waals surface area (Å²) in [6.45, 7) is 3.61. The maximum atomic E-state index is 12.7. The highest BCUT2D eigenvalue weighted by molar-refractivity contribution is 6.06. The van der Waals surface area contributed by atoms with E-state index in [0.29, 0.717) is 6.04 Å². The largest absolute Gasteiger partial charge is 0.325 e. The van der Waals surface area contributed by atoms with Crippen molar-refractivity contribution >= 4 is 11.6 Å². The number of para-hydroxylation sites is 1. The number of fused-ring (bicyclic) bond motifs is 2. The van der Waals surface area contributed by atoms with Crippen LogP contribution in [0.2, 0.25) is 0 Å². The molecule has 0 aromatic heterocycles. The number of hydrogen-bond donors (Lipinski definition) is 2. The number of piperidine rings is 1. The lowest BCUT2D eigenvalue weighted by molar-refractivity contribution is -0.122. The smallest absolute Gasteiger partial charge is 0.235 e. The van der Waals surface area contributed by atoms with Crippen LogP contribution in [0.4, 0.5) is 5.69 Å². The van der Waals surface area contributed by atoms with E-state index < -0.39 is 0 Å². The number of rotatable bonds is 3. The molecule has 1 spiro atoms. The zero-order valence-corrected chi connectivity index (χ0v) is 14.7. The Balaban J connectivity index is 1.40. The Kier molecular flexibility index (Phi) is 4.35. The second kappa shape index (κ2) is 6.49. The van der Waals surface area contributed by atoms with E-state index in [1.807, 2.05) is 12.1 Å². The third kappa shape index (κ3) is 2.66. The zero-order valence-electron chi connectivity index (χ0n) is 14.7. The first kappa shape index (κ1) is 16.1. The van der Waals surface area contributed by atoms with Gasteiger partial charge in [0.05, 0.1) is 5.41 Å². The number of hydrogen-bond acceptors (Lipinski definition) is 3. The van der Waals surface area contributed by atoms with Gasteiger partial charge in [-0.1, -0.05) is 18.2 Å². The summed E-state index contributed by atoms with van der Waals surface area (Å²) in [6, 6.07) is 8.95. The maximum absolute atomic E-state index is 12.7. The first-order chi connectivity index (χ1) is 11.7. The third-order valence-electron chi connectivity index (χ3n) is 6.59. The lowest BCUT2D eigenvalue weighted by Gasteiger charge is -2.43. The van der Waals surface area contributed by atoms with Gasteiger partial charge in [0.1, 0.15) is 0 Å². The van der Waals surface area contributed by atoms with Crippen molar-refractivity contribution in [2.24, 2.45) is 5.92 Å². The van der Waals surface area contributed by atoms with Crippen LogP contribution in [-0.2, 0) is 10.2 Å². The van der Waals surface area contributed by atoms with Gasteiger partial charge < -0.3 is 15.5 Å². The van der Waals surface area contributed by atoms with Gasteiger partial charge in [0.25, 0.3) is 0 Å². The molecule has 0 bridgehead atoms.